The van der Waals surface area contributed by atoms with Gasteiger partial charge in [-0.1, -0.05) is 0 Å². The molecule has 2 atom stereocenters. The Hall–Kier alpha value is -1.18. The van der Waals surface area contributed by atoms with Gasteiger partial charge in [-0.05, 0) is 31.4 Å². The largest absolute Gasteiger partial charge is 0.386 e. The molecule has 0 amide bonds. The third-order valence-electron chi connectivity index (χ3n) is 4.02. The Morgan fingerprint density at radius 3 is 3.10 bits per heavy atom. The highest BCUT2D eigenvalue weighted by atomic mass is 32.2. The summed E-state index contributed by atoms with van der Waals surface area (Å²) in [4.78, 5) is 4.08. The summed E-state index contributed by atoms with van der Waals surface area (Å²) in [6.07, 6.45) is 4.38. The van der Waals surface area contributed by atoms with E-state index in [0.717, 1.165) is 19.3 Å². The number of hydrogen-bond donors (Lipinski definition) is 1. The zero-order valence-corrected chi connectivity index (χ0v) is 12.3. The molecule has 0 aromatic carbocycles. The van der Waals surface area contributed by atoms with Gasteiger partial charge in [-0.15, -0.1) is 0 Å². The molecule has 0 radical (unpaired) electrons. The summed E-state index contributed by atoms with van der Waals surface area (Å²) in [5, 5.41) is 3.01. The van der Waals surface area contributed by atoms with Crippen LogP contribution in [0.15, 0.2) is 23.4 Å². The summed E-state index contributed by atoms with van der Waals surface area (Å²) < 4.78 is 33.0. The van der Waals surface area contributed by atoms with Gasteiger partial charge in [-0.25, -0.2) is 13.4 Å². The molecule has 1 aliphatic heterocycles. The van der Waals surface area contributed by atoms with E-state index in [1.807, 2.05) is 0 Å². The maximum atomic E-state index is 12.9. The minimum Gasteiger partial charge on any atom is -0.386 e. The standard InChI is InChI=1S/C13H19N3O3S/c1-14-10-4-3-7-15-13(10)20(17,18)16-8-9-19-12-6-2-5-11(12)16/h3-4,7,11-12,14H,2,5-6,8-9H2,1H3. The zero-order chi connectivity index (χ0) is 14.2. The van der Waals surface area contributed by atoms with E-state index in [9.17, 15) is 8.42 Å². The lowest BCUT2D eigenvalue weighted by molar-refractivity contribution is -0.0242. The van der Waals surface area contributed by atoms with Crippen molar-refractivity contribution in [2.75, 3.05) is 25.5 Å². The Kier molecular flexibility index (Phi) is 3.66. The van der Waals surface area contributed by atoms with Crippen molar-refractivity contribution in [2.24, 2.45) is 0 Å². The third kappa shape index (κ3) is 2.19. The van der Waals surface area contributed by atoms with E-state index in [4.69, 9.17) is 4.74 Å². The van der Waals surface area contributed by atoms with Gasteiger partial charge >= 0.3 is 0 Å². The maximum Gasteiger partial charge on any atom is 0.263 e. The maximum absolute atomic E-state index is 12.9. The molecule has 2 heterocycles. The van der Waals surface area contributed by atoms with Gasteiger partial charge in [0.1, 0.15) is 0 Å². The van der Waals surface area contributed by atoms with E-state index in [1.54, 1.807) is 23.5 Å². The first-order chi connectivity index (χ1) is 9.64. The van der Waals surface area contributed by atoms with Crippen LogP contribution in [0.1, 0.15) is 19.3 Å². The average Bonchev–Trinajstić information content (AvgIpc) is 2.95. The first-order valence-electron chi connectivity index (χ1n) is 6.91. The lowest BCUT2D eigenvalue weighted by Crippen LogP contribution is -2.51. The number of morpholine rings is 1. The highest BCUT2D eigenvalue weighted by molar-refractivity contribution is 7.89. The molecule has 1 saturated heterocycles. The van der Waals surface area contributed by atoms with Crippen molar-refractivity contribution in [1.29, 1.82) is 0 Å². The molecule has 20 heavy (non-hydrogen) atoms. The Balaban J connectivity index is 1.98. The van der Waals surface area contributed by atoms with E-state index >= 15 is 0 Å². The molecule has 7 heteroatoms. The van der Waals surface area contributed by atoms with Crippen molar-refractivity contribution in [3.8, 4) is 0 Å². The van der Waals surface area contributed by atoms with Gasteiger partial charge in [0.05, 0.1) is 24.4 Å². The molecular formula is C13H19N3O3S. The molecule has 1 aromatic rings. The molecule has 110 valence electrons. The second kappa shape index (κ2) is 5.31. The summed E-state index contributed by atoms with van der Waals surface area (Å²) >= 11 is 0. The number of hydrogen-bond acceptors (Lipinski definition) is 5. The van der Waals surface area contributed by atoms with Crippen molar-refractivity contribution < 1.29 is 13.2 Å². The van der Waals surface area contributed by atoms with Crippen molar-refractivity contribution in [3.05, 3.63) is 18.3 Å². The minimum absolute atomic E-state index is 0.0412. The first kappa shape index (κ1) is 13.8. The van der Waals surface area contributed by atoms with E-state index in [1.165, 1.54) is 6.20 Å². The van der Waals surface area contributed by atoms with Crippen LogP contribution in [-0.4, -0.2) is 50.1 Å². The minimum atomic E-state index is -3.58. The summed E-state index contributed by atoms with van der Waals surface area (Å²) in [7, 11) is -1.88. The van der Waals surface area contributed by atoms with Gasteiger partial charge in [0.15, 0.2) is 5.03 Å². The number of fused-ring (bicyclic) bond motifs is 1. The highest BCUT2D eigenvalue weighted by Crippen LogP contribution is 2.34. The quantitative estimate of drug-likeness (QED) is 0.903. The van der Waals surface area contributed by atoms with Gasteiger partial charge in [-0.2, -0.15) is 4.31 Å². The van der Waals surface area contributed by atoms with E-state index < -0.39 is 10.0 Å². The summed E-state index contributed by atoms with van der Waals surface area (Å²) in [5.41, 5.74) is 0.536. The number of anilines is 1. The summed E-state index contributed by atoms with van der Waals surface area (Å²) in [6.45, 7) is 0.866. The fourth-order valence-electron chi connectivity index (χ4n) is 3.09. The monoisotopic (exact) mass is 297 g/mol. The van der Waals surface area contributed by atoms with Crippen molar-refractivity contribution >= 4 is 15.7 Å². The molecule has 2 fully saturated rings. The van der Waals surface area contributed by atoms with Crippen molar-refractivity contribution in [2.45, 2.75) is 36.4 Å². The second-order valence-corrected chi connectivity index (χ2v) is 6.94. The molecule has 0 spiro atoms. The van der Waals surface area contributed by atoms with Gasteiger partial charge in [0.25, 0.3) is 10.0 Å². The molecule has 1 N–H and O–H groups in total. The number of nitrogens with one attached hydrogen (secondary N) is 1. The van der Waals surface area contributed by atoms with Crippen LogP contribution < -0.4 is 5.32 Å². The molecule has 1 saturated carbocycles. The topological polar surface area (TPSA) is 71.5 Å². The molecule has 3 rings (SSSR count). The lowest BCUT2D eigenvalue weighted by atomic mass is 10.2. The van der Waals surface area contributed by atoms with E-state index in [-0.39, 0.29) is 17.2 Å². The van der Waals surface area contributed by atoms with Crippen molar-refractivity contribution in [1.82, 2.24) is 9.29 Å². The Morgan fingerprint density at radius 1 is 1.45 bits per heavy atom. The fourth-order valence-corrected chi connectivity index (χ4v) is 4.86. The average molecular weight is 297 g/mol. The molecule has 2 aliphatic rings. The van der Waals surface area contributed by atoms with Crippen LogP contribution in [0.2, 0.25) is 0 Å². The molecule has 6 nitrogen and oxygen atoms in total. The number of aromatic nitrogens is 1. The number of sulfonamides is 1. The van der Waals surface area contributed by atoms with Crippen LogP contribution in [-0.2, 0) is 14.8 Å². The normalized spacial score (nSPS) is 27.2. The van der Waals surface area contributed by atoms with Crippen LogP contribution in [0.25, 0.3) is 0 Å². The predicted octanol–water partition coefficient (Wildman–Crippen LogP) is 1.07. The van der Waals surface area contributed by atoms with Gasteiger partial charge in [0, 0.05) is 19.8 Å². The van der Waals surface area contributed by atoms with Crippen LogP contribution in [0.3, 0.4) is 0 Å². The smallest absolute Gasteiger partial charge is 0.263 e. The van der Waals surface area contributed by atoms with Crippen molar-refractivity contribution in [3.63, 3.8) is 0 Å². The number of nitrogens with zero attached hydrogens (tertiary/aromatic N) is 2. The Labute approximate surface area is 119 Å². The van der Waals surface area contributed by atoms with Crippen LogP contribution in [0.4, 0.5) is 5.69 Å². The van der Waals surface area contributed by atoms with E-state index in [2.05, 4.69) is 10.3 Å². The third-order valence-corrected chi connectivity index (χ3v) is 5.91. The van der Waals surface area contributed by atoms with Crippen LogP contribution in [0.5, 0.6) is 0 Å². The summed E-state index contributed by atoms with van der Waals surface area (Å²) in [5.74, 6) is 0. The zero-order valence-electron chi connectivity index (χ0n) is 11.4. The summed E-state index contributed by atoms with van der Waals surface area (Å²) in [6, 6.07) is 3.41. The lowest BCUT2D eigenvalue weighted by Gasteiger charge is -2.36. The van der Waals surface area contributed by atoms with E-state index in [0.29, 0.717) is 18.8 Å². The molecule has 0 bridgehead atoms. The Morgan fingerprint density at radius 2 is 2.30 bits per heavy atom. The highest BCUT2D eigenvalue weighted by Gasteiger charge is 2.43. The first-order valence-corrected chi connectivity index (χ1v) is 8.35. The number of rotatable bonds is 3. The fraction of sp³-hybridized carbons (Fsp3) is 0.615. The molecular weight excluding hydrogens is 278 g/mol. The number of pyridine rings is 1. The van der Waals surface area contributed by atoms with Gasteiger partial charge in [-0.3, -0.25) is 0 Å². The predicted molar refractivity (Wildman–Crippen MR) is 75.1 cm³/mol. The SMILES string of the molecule is CNc1cccnc1S(=O)(=O)N1CCOC2CCCC21. The van der Waals surface area contributed by atoms with Crippen LogP contribution >= 0.6 is 0 Å². The Bertz CT molecular complexity index is 590. The molecule has 2 unspecified atom stereocenters. The van der Waals surface area contributed by atoms with Gasteiger partial charge in [0.2, 0.25) is 0 Å². The van der Waals surface area contributed by atoms with Crippen LogP contribution in [0, 0.1) is 0 Å². The molecule has 1 aliphatic carbocycles. The number of ether oxygens (including phenoxy) is 1. The molecule has 1 aromatic heterocycles. The second-order valence-electron chi connectivity index (χ2n) is 5.13. The van der Waals surface area contributed by atoms with Gasteiger partial charge < -0.3 is 10.1 Å².